The zero-order chi connectivity index (χ0) is 30.5. The quantitative estimate of drug-likeness (QED) is 0.0960. The molecule has 0 saturated carbocycles. The highest BCUT2D eigenvalue weighted by atomic mass is 16.4. The first kappa shape index (κ1) is 36.4. The van der Waals surface area contributed by atoms with Crippen LogP contribution < -0.4 is 10.6 Å². The first-order chi connectivity index (χ1) is 19.6. The predicted molar refractivity (Wildman–Crippen MR) is 153 cm³/mol. The molecular formula is C27H50N6O8. The Hall–Kier alpha value is -2.65. The Morgan fingerprint density at radius 3 is 1.59 bits per heavy atom. The van der Waals surface area contributed by atoms with Crippen molar-refractivity contribution in [3.8, 4) is 0 Å². The number of hydrogen-bond acceptors (Lipinski definition) is 10. The molecule has 14 nitrogen and oxygen atoms in total. The third-order valence-electron chi connectivity index (χ3n) is 7.01. The molecule has 41 heavy (non-hydrogen) atoms. The molecule has 1 unspecified atom stereocenters. The second kappa shape index (κ2) is 22.0. The molecule has 1 saturated heterocycles. The number of rotatable bonds is 19. The Labute approximate surface area is 243 Å². The van der Waals surface area contributed by atoms with Crippen molar-refractivity contribution in [2.24, 2.45) is 0 Å². The molecule has 0 aliphatic carbocycles. The Morgan fingerprint density at radius 2 is 1.15 bits per heavy atom. The molecule has 0 aromatic rings. The van der Waals surface area contributed by atoms with E-state index in [2.05, 4.69) is 17.6 Å². The van der Waals surface area contributed by atoms with Gasteiger partial charge < -0.3 is 25.4 Å². The molecule has 0 spiro atoms. The minimum Gasteiger partial charge on any atom is -0.480 e. The molecule has 1 heterocycles. The summed E-state index contributed by atoms with van der Waals surface area (Å²) in [5, 5.41) is 34.2. The van der Waals surface area contributed by atoms with Crippen molar-refractivity contribution in [1.29, 1.82) is 0 Å². The lowest BCUT2D eigenvalue weighted by atomic mass is 10.2. The third kappa shape index (κ3) is 18.4. The Morgan fingerprint density at radius 1 is 0.683 bits per heavy atom. The van der Waals surface area contributed by atoms with E-state index in [9.17, 15) is 39.3 Å². The monoisotopic (exact) mass is 586 g/mol. The van der Waals surface area contributed by atoms with Crippen molar-refractivity contribution in [1.82, 2.24) is 30.2 Å². The fraction of sp³-hybridized carbons (Fsp3) is 0.815. The fourth-order valence-electron chi connectivity index (χ4n) is 4.67. The second-order valence-electron chi connectivity index (χ2n) is 10.4. The highest BCUT2D eigenvalue weighted by molar-refractivity contribution is 5.75. The van der Waals surface area contributed by atoms with Crippen LogP contribution in [0.2, 0.25) is 0 Å². The SMILES string of the molecule is CCCCCNC(=O)CCCCCNC(C=O)N1CCN(CC(=O)O)CCN(CC(=O)O)CCN(CC(=O)O)CC1. The number of nitrogens with one attached hydrogen (secondary N) is 2. The average Bonchev–Trinajstić information content (AvgIpc) is 2.90. The summed E-state index contributed by atoms with van der Waals surface area (Å²) in [5.74, 6) is -2.95. The molecule has 1 amide bonds. The van der Waals surface area contributed by atoms with Crippen LogP contribution in [0.15, 0.2) is 0 Å². The van der Waals surface area contributed by atoms with Crippen LogP contribution in [0, 0.1) is 0 Å². The highest BCUT2D eigenvalue weighted by Gasteiger charge is 2.23. The van der Waals surface area contributed by atoms with E-state index in [4.69, 9.17) is 0 Å². The maximum atomic E-state index is 12.1. The van der Waals surface area contributed by atoms with Crippen molar-refractivity contribution in [2.45, 2.75) is 58.0 Å². The van der Waals surface area contributed by atoms with Crippen LogP contribution in [0.25, 0.3) is 0 Å². The van der Waals surface area contributed by atoms with Crippen LogP contribution in [-0.2, 0) is 24.0 Å². The maximum absolute atomic E-state index is 12.1. The number of carbonyl (C=O) groups excluding carboxylic acids is 2. The van der Waals surface area contributed by atoms with Crippen LogP contribution in [0.3, 0.4) is 0 Å². The van der Waals surface area contributed by atoms with Gasteiger partial charge in [-0.2, -0.15) is 0 Å². The van der Waals surface area contributed by atoms with Crippen molar-refractivity contribution in [3.63, 3.8) is 0 Å². The number of carboxylic acids is 3. The molecule has 0 aromatic heterocycles. The van der Waals surface area contributed by atoms with E-state index >= 15 is 0 Å². The smallest absolute Gasteiger partial charge is 0.317 e. The van der Waals surface area contributed by atoms with Gasteiger partial charge in [-0.05, 0) is 25.8 Å². The van der Waals surface area contributed by atoms with Gasteiger partial charge in [0.2, 0.25) is 5.91 Å². The molecule has 236 valence electrons. The highest BCUT2D eigenvalue weighted by Crippen LogP contribution is 2.05. The van der Waals surface area contributed by atoms with Gasteiger partial charge >= 0.3 is 17.9 Å². The number of carboxylic acid groups (broad SMARTS) is 3. The summed E-state index contributed by atoms with van der Waals surface area (Å²) < 4.78 is 0. The summed E-state index contributed by atoms with van der Waals surface area (Å²) in [7, 11) is 0. The van der Waals surface area contributed by atoms with Gasteiger partial charge in [0, 0.05) is 65.3 Å². The lowest BCUT2D eigenvalue weighted by Crippen LogP contribution is -2.54. The standard InChI is InChI=1S/C27H50N6O8/c1-2-3-6-10-29-24(35)8-5-4-7-9-28-23(22-34)33-17-15-31(20-26(38)39)13-11-30(19-25(36)37)12-14-32(16-18-33)21-27(40)41/h22-23,28H,2-21H2,1H3,(H,29,35)(H,36,37)(H,38,39)(H,40,41). The van der Waals surface area contributed by atoms with Crippen LogP contribution in [0.5, 0.6) is 0 Å². The van der Waals surface area contributed by atoms with Crippen molar-refractivity contribution in [3.05, 3.63) is 0 Å². The van der Waals surface area contributed by atoms with E-state index in [1.165, 1.54) is 0 Å². The van der Waals surface area contributed by atoms with Crippen LogP contribution in [-0.4, -0.2) is 156 Å². The molecule has 1 atom stereocenters. The van der Waals surface area contributed by atoms with Gasteiger partial charge in [-0.25, -0.2) is 0 Å². The Bertz CT molecular complexity index is 770. The van der Waals surface area contributed by atoms with Gasteiger partial charge in [-0.15, -0.1) is 0 Å². The minimum atomic E-state index is -1.01. The molecule has 1 rings (SSSR count). The minimum absolute atomic E-state index is 0.0575. The van der Waals surface area contributed by atoms with Crippen molar-refractivity contribution >= 4 is 30.1 Å². The second-order valence-corrected chi connectivity index (χ2v) is 10.4. The van der Waals surface area contributed by atoms with Gasteiger partial charge in [0.25, 0.3) is 0 Å². The summed E-state index contributed by atoms with van der Waals surface area (Å²) in [6.45, 7) is 5.38. The molecule has 1 aliphatic rings. The normalized spacial score (nSPS) is 17.7. The largest absolute Gasteiger partial charge is 0.480 e. The lowest BCUT2D eigenvalue weighted by molar-refractivity contribution is -0.140. The van der Waals surface area contributed by atoms with E-state index in [1.807, 2.05) is 4.90 Å². The number of carbonyl (C=O) groups is 5. The topological polar surface area (TPSA) is 183 Å². The van der Waals surface area contributed by atoms with Gasteiger partial charge in [-0.3, -0.25) is 44.1 Å². The van der Waals surface area contributed by atoms with Gasteiger partial charge in [-0.1, -0.05) is 26.2 Å². The molecule has 1 fully saturated rings. The first-order valence-electron chi connectivity index (χ1n) is 14.7. The van der Waals surface area contributed by atoms with E-state index < -0.39 is 24.1 Å². The zero-order valence-electron chi connectivity index (χ0n) is 24.5. The number of unbranched alkanes of at least 4 members (excludes halogenated alkanes) is 4. The molecule has 0 radical (unpaired) electrons. The summed E-state index contributed by atoms with van der Waals surface area (Å²) in [6.07, 6.45) is 6.18. The number of nitrogens with zero attached hydrogens (tertiary/aromatic N) is 4. The van der Waals surface area contributed by atoms with Gasteiger partial charge in [0.15, 0.2) is 6.29 Å². The fourth-order valence-corrected chi connectivity index (χ4v) is 4.67. The molecule has 5 N–H and O–H groups in total. The summed E-state index contributed by atoms with van der Waals surface area (Å²) in [6, 6.07) is 0. The molecule has 0 bridgehead atoms. The van der Waals surface area contributed by atoms with E-state index in [0.29, 0.717) is 71.9 Å². The van der Waals surface area contributed by atoms with Crippen LogP contribution in [0.4, 0.5) is 0 Å². The Kier molecular flexibility index (Phi) is 19.5. The molecule has 14 heteroatoms. The molecular weight excluding hydrogens is 536 g/mol. The number of amides is 1. The van der Waals surface area contributed by atoms with E-state index in [-0.39, 0.29) is 25.5 Å². The lowest BCUT2D eigenvalue weighted by Gasteiger charge is -2.35. The summed E-state index contributed by atoms with van der Waals surface area (Å²) in [5.41, 5.74) is 0. The van der Waals surface area contributed by atoms with E-state index in [1.54, 1.807) is 14.7 Å². The van der Waals surface area contributed by atoms with Crippen molar-refractivity contribution < 1.29 is 39.3 Å². The average molecular weight is 587 g/mol. The van der Waals surface area contributed by atoms with Crippen molar-refractivity contribution in [2.75, 3.05) is 85.1 Å². The van der Waals surface area contributed by atoms with Crippen LogP contribution >= 0.6 is 0 Å². The Balaban J connectivity index is 2.73. The zero-order valence-corrected chi connectivity index (χ0v) is 24.5. The molecule has 0 aromatic carbocycles. The third-order valence-corrected chi connectivity index (χ3v) is 7.01. The number of hydrogen-bond donors (Lipinski definition) is 5. The van der Waals surface area contributed by atoms with Gasteiger partial charge in [0.1, 0.15) is 6.17 Å². The van der Waals surface area contributed by atoms with E-state index in [0.717, 1.165) is 44.8 Å². The van der Waals surface area contributed by atoms with Crippen LogP contribution in [0.1, 0.15) is 51.9 Å². The summed E-state index contributed by atoms with van der Waals surface area (Å²) >= 11 is 0. The molecule has 1 aliphatic heterocycles. The first-order valence-corrected chi connectivity index (χ1v) is 14.7. The maximum Gasteiger partial charge on any atom is 0.317 e. The van der Waals surface area contributed by atoms with Gasteiger partial charge in [0.05, 0.1) is 19.6 Å². The number of aliphatic carboxylic acids is 3. The number of aldehydes is 1. The predicted octanol–water partition coefficient (Wildman–Crippen LogP) is -0.557. The summed E-state index contributed by atoms with van der Waals surface area (Å²) in [4.78, 5) is 65.2.